The van der Waals surface area contributed by atoms with Gasteiger partial charge < -0.3 is 5.11 Å². The largest absolute Gasteiger partial charge is 0.481 e. The lowest BCUT2D eigenvalue weighted by Crippen LogP contribution is -2.11. The van der Waals surface area contributed by atoms with Gasteiger partial charge in [0.2, 0.25) is 0 Å². The first-order chi connectivity index (χ1) is 12.7. The number of hydrogen-bond acceptors (Lipinski definition) is 1. The maximum atomic E-state index is 11.7. The minimum Gasteiger partial charge on any atom is -0.481 e. The van der Waals surface area contributed by atoms with Crippen molar-refractivity contribution in [3.63, 3.8) is 0 Å². The fourth-order valence-corrected chi connectivity index (χ4v) is 3.69. The summed E-state index contributed by atoms with van der Waals surface area (Å²) in [6, 6.07) is 14.2. The van der Waals surface area contributed by atoms with Gasteiger partial charge in [-0.2, -0.15) is 0 Å². The van der Waals surface area contributed by atoms with Gasteiger partial charge in [0.15, 0.2) is 0 Å². The van der Waals surface area contributed by atoms with Crippen LogP contribution in [-0.4, -0.2) is 11.1 Å². The summed E-state index contributed by atoms with van der Waals surface area (Å²) in [5, 5.41) is 11.9. The molecule has 2 aromatic rings. The summed E-state index contributed by atoms with van der Waals surface area (Å²) in [6.45, 7) is 2.25. The molecule has 1 N–H and O–H groups in total. The first kappa shape index (κ1) is 20.5. The van der Waals surface area contributed by atoms with Crippen LogP contribution in [0.15, 0.2) is 42.5 Å². The van der Waals surface area contributed by atoms with E-state index in [0.29, 0.717) is 0 Å². The first-order valence-electron chi connectivity index (χ1n) is 10.4. The second-order valence-corrected chi connectivity index (χ2v) is 7.47. The highest BCUT2D eigenvalue weighted by Crippen LogP contribution is 2.26. The fourth-order valence-electron chi connectivity index (χ4n) is 3.69. The molecule has 0 saturated carbocycles. The van der Waals surface area contributed by atoms with Crippen molar-refractivity contribution in [3.8, 4) is 0 Å². The Morgan fingerprint density at radius 1 is 0.808 bits per heavy atom. The molecule has 2 heteroatoms. The minimum absolute atomic E-state index is 0.381. The summed E-state index contributed by atoms with van der Waals surface area (Å²) < 4.78 is 0. The number of carboxylic acid groups (broad SMARTS) is 1. The summed E-state index contributed by atoms with van der Waals surface area (Å²) in [6.07, 6.45) is 13.5. The van der Waals surface area contributed by atoms with Gasteiger partial charge in [0.25, 0.3) is 0 Å². The van der Waals surface area contributed by atoms with Gasteiger partial charge in [-0.3, -0.25) is 4.79 Å². The molecule has 26 heavy (non-hydrogen) atoms. The molecule has 0 spiro atoms. The highest BCUT2D eigenvalue weighted by Gasteiger charge is 2.19. The Bertz CT molecular complexity index is 662. The molecule has 1 unspecified atom stereocenters. The van der Waals surface area contributed by atoms with Crippen LogP contribution in [-0.2, 0) is 4.79 Å². The van der Waals surface area contributed by atoms with Crippen molar-refractivity contribution in [1.82, 2.24) is 0 Å². The Morgan fingerprint density at radius 2 is 1.38 bits per heavy atom. The molecule has 1 atom stereocenters. The highest BCUT2D eigenvalue weighted by atomic mass is 16.4. The van der Waals surface area contributed by atoms with E-state index in [1.54, 1.807) is 0 Å². The van der Waals surface area contributed by atoms with Crippen LogP contribution in [0.1, 0.15) is 89.0 Å². The van der Waals surface area contributed by atoms with Gasteiger partial charge in [-0.15, -0.1) is 0 Å². The third-order valence-corrected chi connectivity index (χ3v) is 5.32. The average molecular weight is 355 g/mol. The zero-order chi connectivity index (χ0) is 18.6. The second kappa shape index (κ2) is 11.7. The molecule has 0 aliphatic heterocycles. The molecular weight excluding hydrogens is 320 g/mol. The van der Waals surface area contributed by atoms with Gasteiger partial charge in [0.1, 0.15) is 0 Å². The SMILES string of the molecule is CCCCCCCCCCCCC(C(=O)O)c1ccc2ccccc2c1. The molecule has 0 saturated heterocycles. The monoisotopic (exact) mass is 354 g/mol. The number of benzene rings is 2. The maximum Gasteiger partial charge on any atom is 0.310 e. The number of unbranched alkanes of at least 4 members (excludes halogenated alkanes) is 9. The highest BCUT2D eigenvalue weighted by molar-refractivity contribution is 5.85. The number of fused-ring (bicyclic) bond motifs is 1. The average Bonchev–Trinajstić information content (AvgIpc) is 2.65. The lowest BCUT2D eigenvalue weighted by atomic mass is 9.91. The topological polar surface area (TPSA) is 37.3 Å². The van der Waals surface area contributed by atoms with E-state index in [1.807, 2.05) is 30.3 Å². The van der Waals surface area contributed by atoms with E-state index in [1.165, 1.54) is 56.8 Å². The Balaban J connectivity index is 1.72. The van der Waals surface area contributed by atoms with E-state index in [9.17, 15) is 9.90 Å². The normalized spacial score (nSPS) is 12.3. The third-order valence-electron chi connectivity index (χ3n) is 5.32. The van der Waals surface area contributed by atoms with Crippen LogP contribution >= 0.6 is 0 Å². The van der Waals surface area contributed by atoms with Crippen LogP contribution in [0.3, 0.4) is 0 Å². The Morgan fingerprint density at radius 3 is 2.00 bits per heavy atom. The van der Waals surface area contributed by atoms with Crippen molar-refractivity contribution in [1.29, 1.82) is 0 Å². The lowest BCUT2D eigenvalue weighted by molar-refractivity contribution is -0.139. The standard InChI is InChI=1S/C24H34O2/c1-2-3-4-5-6-7-8-9-10-11-16-23(24(25)26)22-18-17-20-14-12-13-15-21(20)19-22/h12-15,17-19,23H,2-11,16H2,1H3,(H,25,26). The smallest absolute Gasteiger partial charge is 0.310 e. The number of carboxylic acids is 1. The lowest BCUT2D eigenvalue weighted by Gasteiger charge is -2.13. The van der Waals surface area contributed by atoms with Crippen molar-refractivity contribution in [3.05, 3.63) is 48.0 Å². The molecule has 2 rings (SSSR count). The minimum atomic E-state index is -0.698. The summed E-state index contributed by atoms with van der Waals surface area (Å²) >= 11 is 0. The van der Waals surface area contributed by atoms with E-state index in [2.05, 4.69) is 19.1 Å². The van der Waals surface area contributed by atoms with Crippen molar-refractivity contribution >= 4 is 16.7 Å². The van der Waals surface area contributed by atoms with Crippen LogP contribution in [0.2, 0.25) is 0 Å². The Hall–Kier alpha value is -1.83. The predicted octanol–water partition coefficient (Wildman–Crippen LogP) is 7.32. The van der Waals surface area contributed by atoms with Crippen molar-refractivity contribution in [2.75, 3.05) is 0 Å². The van der Waals surface area contributed by atoms with E-state index in [4.69, 9.17) is 0 Å². The van der Waals surface area contributed by atoms with Crippen LogP contribution in [0, 0.1) is 0 Å². The van der Waals surface area contributed by atoms with Gasteiger partial charge >= 0.3 is 5.97 Å². The number of aliphatic carboxylic acids is 1. The molecule has 0 amide bonds. The van der Waals surface area contributed by atoms with Crippen LogP contribution in [0.5, 0.6) is 0 Å². The van der Waals surface area contributed by atoms with Gasteiger partial charge in [-0.25, -0.2) is 0 Å². The Labute approximate surface area is 158 Å². The molecule has 2 nitrogen and oxygen atoms in total. The molecule has 0 aromatic heterocycles. The zero-order valence-electron chi connectivity index (χ0n) is 16.3. The molecule has 0 heterocycles. The Kier molecular flexibility index (Phi) is 9.23. The zero-order valence-corrected chi connectivity index (χ0v) is 16.3. The van der Waals surface area contributed by atoms with Crippen LogP contribution < -0.4 is 0 Å². The predicted molar refractivity (Wildman–Crippen MR) is 111 cm³/mol. The maximum absolute atomic E-state index is 11.7. The number of carbonyl (C=O) groups is 1. The van der Waals surface area contributed by atoms with Crippen molar-refractivity contribution in [2.24, 2.45) is 0 Å². The van der Waals surface area contributed by atoms with Gasteiger partial charge in [-0.05, 0) is 22.8 Å². The number of hydrogen-bond donors (Lipinski definition) is 1. The third kappa shape index (κ3) is 6.82. The van der Waals surface area contributed by atoms with E-state index < -0.39 is 5.97 Å². The molecule has 2 aromatic carbocycles. The molecule has 0 bridgehead atoms. The first-order valence-corrected chi connectivity index (χ1v) is 10.4. The molecule has 0 aliphatic carbocycles. The molecule has 0 fully saturated rings. The van der Waals surface area contributed by atoms with Crippen molar-refractivity contribution < 1.29 is 9.90 Å². The van der Waals surface area contributed by atoms with Crippen LogP contribution in [0.25, 0.3) is 10.8 Å². The van der Waals surface area contributed by atoms with Crippen LogP contribution in [0.4, 0.5) is 0 Å². The van der Waals surface area contributed by atoms with Crippen molar-refractivity contribution in [2.45, 2.75) is 83.5 Å². The molecule has 0 aliphatic rings. The second-order valence-electron chi connectivity index (χ2n) is 7.47. The quantitative estimate of drug-likeness (QED) is 0.383. The molecule has 0 radical (unpaired) electrons. The molecule has 142 valence electrons. The summed E-state index contributed by atoms with van der Waals surface area (Å²) in [5.74, 6) is -1.08. The number of rotatable bonds is 13. The molecular formula is C24H34O2. The van der Waals surface area contributed by atoms with Gasteiger partial charge in [0, 0.05) is 0 Å². The summed E-state index contributed by atoms with van der Waals surface area (Å²) in [7, 11) is 0. The van der Waals surface area contributed by atoms with E-state index >= 15 is 0 Å². The fraction of sp³-hybridized carbons (Fsp3) is 0.542. The van der Waals surface area contributed by atoms with Gasteiger partial charge in [0.05, 0.1) is 5.92 Å². The van der Waals surface area contributed by atoms with E-state index in [-0.39, 0.29) is 5.92 Å². The summed E-state index contributed by atoms with van der Waals surface area (Å²) in [4.78, 5) is 11.7. The van der Waals surface area contributed by atoms with E-state index in [0.717, 1.165) is 30.2 Å². The summed E-state index contributed by atoms with van der Waals surface area (Å²) in [5.41, 5.74) is 0.937. The van der Waals surface area contributed by atoms with Gasteiger partial charge in [-0.1, -0.05) is 114 Å².